The van der Waals surface area contributed by atoms with Gasteiger partial charge in [0, 0.05) is 13.1 Å². The maximum Gasteiger partial charge on any atom is 0.0793 e. The summed E-state index contributed by atoms with van der Waals surface area (Å²) < 4.78 is 0. The smallest absolute Gasteiger partial charge is 0.0793 e. The molecule has 64 valence electrons. The Kier molecular flexibility index (Phi) is 2.44. The first-order valence-electron chi connectivity index (χ1n) is 4.87. The molecule has 0 aromatic heterocycles. The Morgan fingerprint density at radius 1 is 0.909 bits per heavy atom. The van der Waals surface area contributed by atoms with Gasteiger partial charge < -0.3 is 0 Å². The zero-order chi connectivity index (χ0) is 7.52. The lowest BCUT2D eigenvalue weighted by atomic mass is 9.96. The van der Waals surface area contributed by atoms with Crippen molar-refractivity contribution in [3.8, 4) is 0 Å². The minimum absolute atomic E-state index is 0.577. The summed E-state index contributed by atoms with van der Waals surface area (Å²) in [6.45, 7) is 2.33. The van der Waals surface area contributed by atoms with Gasteiger partial charge in [-0.05, 0) is 32.1 Å². The first-order chi connectivity index (χ1) is 5.45. The Labute approximate surface area is 68.5 Å². The second-order valence-corrected chi connectivity index (χ2v) is 3.65. The van der Waals surface area contributed by atoms with Crippen LogP contribution >= 0.6 is 0 Å². The second kappa shape index (κ2) is 3.55. The summed E-state index contributed by atoms with van der Waals surface area (Å²) in [4.78, 5) is 5.76. The van der Waals surface area contributed by atoms with Crippen molar-refractivity contribution in [2.75, 3.05) is 13.1 Å². The van der Waals surface area contributed by atoms with Gasteiger partial charge in [0.2, 0.25) is 0 Å². The van der Waals surface area contributed by atoms with E-state index >= 15 is 0 Å². The van der Waals surface area contributed by atoms with Crippen LogP contribution in [0, 0.1) is 0 Å². The van der Waals surface area contributed by atoms with E-state index in [-0.39, 0.29) is 0 Å². The molecule has 0 N–H and O–H groups in total. The maximum atomic E-state index is 5.76. The lowest BCUT2D eigenvalue weighted by Crippen LogP contribution is -2.36. The van der Waals surface area contributed by atoms with Crippen LogP contribution in [0.3, 0.4) is 0 Å². The molecule has 1 saturated heterocycles. The normalized spacial score (nSPS) is 28.4. The first-order valence-corrected chi connectivity index (χ1v) is 4.87. The van der Waals surface area contributed by atoms with Crippen molar-refractivity contribution >= 4 is 0 Å². The fourth-order valence-electron chi connectivity index (χ4n) is 1.66. The van der Waals surface area contributed by atoms with E-state index in [1.165, 1.54) is 38.5 Å². The standard InChI is InChI=1S/C9H17NO/c1-2-7-10(8-3-1)11-9-5-4-6-9/h9H,1-8H2. The van der Waals surface area contributed by atoms with E-state index in [0.29, 0.717) is 6.10 Å². The molecule has 1 aliphatic carbocycles. The van der Waals surface area contributed by atoms with Gasteiger partial charge in [-0.1, -0.05) is 6.42 Å². The van der Waals surface area contributed by atoms with Gasteiger partial charge in [0.1, 0.15) is 0 Å². The highest BCUT2D eigenvalue weighted by molar-refractivity contribution is 4.69. The van der Waals surface area contributed by atoms with Crippen LogP contribution in [0.15, 0.2) is 0 Å². The molecule has 0 amide bonds. The van der Waals surface area contributed by atoms with Crippen LogP contribution in [0.1, 0.15) is 38.5 Å². The molecular weight excluding hydrogens is 138 g/mol. The largest absolute Gasteiger partial charge is 0.296 e. The minimum atomic E-state index is 0.577. The van der Waals surface area contributed by atoms with E-state index < -0.39 is 0 Å². The van der Waals surface area contributed by atoms with Gasteiger partial charge >= 0.3 is 0 Å². The average Bonchev–Trinajstić information content (AvgIpc) is 1.99. The number of piperidine rings is 1. The summed E-state index contributed by atoms with van der Waals surface area (Å²) in [6, 6.07) is 0. The first kappa shape index (κ1) is 7.56. The molecule has 0 radical (unpaired) electrons. The Bertz CT molecular complexity index is 117. The molecule has 11 heavy (non-hydrogen) atoms. The summed E-state index contributed by atoms with van der Waals surface area (Å²) in [7, 11) is 0. The predicted molar refractivity (Wildman–Crippen MR) is 44.1 cm³/mol. The molecule has 0 bridgehead atoms. The summed E-state index contributed by atoms with van der Waals surface area (Å²) in [5, 5.41) is 2.17. The second-order valence-electron chi connectivity index (χ2n) is 3.65. The van der Waals surface area contributed by atoms with Gasteiger partial charge in [0.05, 0.1) is 6.10 Å². The number of hydrogen-bond donors (Lipinski definition) is 0. The Hall–Kier alpha value is -0.0800. The van der Waals surface area contributed by atoms with Gasteiger partial charge in [0.25, 0.3) is 0 Å². The number of hydrogen-bond acceptors (Lipinski definition) is 2. The van der Waals surface area contributed by atoms with Crippen molar-refractivity contribution in [1.82, 2.24) is 5.06 Å². The highest BCUT2D eigenvalue weighted by Crippen LogP contribution is 2.24. The highest BCUT2D eigenvalue weighted by atomic mass is 16.7. The Morgan fingerprint density at radius 3 is 2.18 bits per heavy atom. The molecule has 2 rings (SSSR count). The van der Waals surface area contributed by atoms with E-state index in [0.717, 1.165) is 13.1 Å². The van der Waals surface area contributed by atoms with Crippen LogP contribution in [0.2, 0.25) is 0 Å². The minimum Gasteiger partial charge on any atom is -0.296 e. The summed E-state index contributed by atoms with van der Waals surface area (Å²) >= 11 is 0. The molecule has 0 unspecified atom stereocenters. The third kappa shape index (κ3) is 1.94. The van der Waals surface area contributed by atoms with Crippen LogP contribution in [0.5, 0.6) is 0 Å². The van der Waals surface area contributed by atoms with Crippen molar-refractivity contribution in [2.24, 2.45) is 0 Å². The lowest BCUT2D eigenvalue weighted by molar-refractivity contribution is -0.223. The predicted octanol–water partition coefficient (Wildman–Crippen LogP) is 1.96. The van der Waals surface area contributed by atoms with E-state index in [2.05, 4.69) is 5.06 Å². The van der Waals surface area contributed by atoms with Gasteiger partial charge in [-0.3, -0.25) is 4.84 Å². The van der Waals surface area contributed by atoms with Crippen molar-refractivity contribution < 1.29 is 4.84 Å². The maximum absolute atomic E-state index is 5.76. The van der Waals surface area contributed by atoms with Crippen molar-refractivity contribution in [3.63, 3.8) is 0 Å². The molecule has 2 fully saturated rings. The lowest BCUT2D eigenvalue weighted by Gasteiger charge is -2.33. The van der Waals surface area contributed by atoms with E-state index in [4.69, 9.17) is 4.84 Å². The number of rotatable bonds is 2. The molecule has 0 aromatic rings. The molecule has 2 nitrogen and oxygen atoms in total. The summed E-state index contributed by atoms with van der Waals surface area (Å²) in [6.07, 6.45) is 8.57. The van der Waals surface area contributed by atoms with E-state index in [1.54, 1.807) is 0 Å². The number of hydroxylamine groups is 2. The van der Waals surface area contributed by atoms with Crippen molar-refractivity contribution in [2.45, 2.75) is 44.6 Å². The topological polar surface area (TPSA) is 12.5 Å². The third-order valence-corrected chi connectivity index (χ3v) is 2.67. The molecule has 2 heteroatoms. The summed E-state index contributed by atoms with van der Waals surface area (Å²) in [5.41, 5.74) is 0. The van der Waals surface area contributed by atoms with E-state index in [1.807, 2.05) is 0 Å². The quantitative estimate of drug-likeness (QED) is 0.604. The fourth-order valence-corrected chi connectivity index (χ4v) is 1.66. The van der Waals surface area contributed by atoms with Gasteiger partial charge in [-0.2, -0.15) is 5.06 Å². The zero-order valence-corrected chi connectivity index (χ0v) is 7.09. The molecule has 1 heterocycles. The average molecular weight is 155 g/mol. The molecule has 2 aliphatic rings. The third-order valence-electron chi connectivity index (χ3n) is 2.67. The molecular formula is C9H17NO. The fraction of sp³-hybridized carbons (Fsp3) is 1.00. The SMILES string of the molecule is C1CCN(OC2CCC2)CC1. The van der Waals surface area contributed by atoms with Crippen LogP contribution in [-0.2, 0) is 4.84 Å². The number of nitrogens with zero attached hydrogens (tertiary/aromatic N) is 1. The zero-order valence-electron chi connectivity index (χ0n) is 7.09. The van der Waals surface area contributed by atoms with Crippen LogP contribution in [-0.4, -0.2) is 24.3 Å². The van der Waals surface area contributed by atoms with Gasteiger partial charge in [-0.25, -0.2) is 0 Å². The van der Waals surface area contributed by atoms with Crippen LogP contribution in [0.25, 0.3) is 0 Å². The monoisotopic (exact) mass is 155 g/mol. The molecule has 0 spiro atoms. The molecule has 0 atom stereocenters. The van der Waals surface area contributed by atoms with Gasteiger partial charge in [0.15, 0.2) is 0 Å². The molecule has 1 saturated carbocycles. The van der Waals surface area contributed by atoms with Crippen LogP contribution in [0.4, 0.5) is 0 Å². The highest BCUT2D eigenvalue weighted by Gasteiger charge is 2.22. The van der Waals surface area contributed by atoms with E-state index in [9.17, 15) is 0 Å². The Balaban J connectivity index is 1.67. The van der Waals surface area contributed by atoms with Crippen molar-refractivity contribution in [1.29, 1.82) is 0 Å². The van der Waals surface area contributed by atoms with Crippen molar-refractivity contribution in [3.05, 3.63) is 0 Å². The van der Waals surface area contributed by atoms with Crippen LogP contribution < -0.4 is 0 Å². The molecule has 1 aliphatic heterocycles. The summed E-state index contributed by atoms with van der Waals surface area (Å²) in [5.74, 6) is 0. The molecule has 0 aromatic carbocycles. The Morgan fingerprint density at radius 2 is 1.64 bits per heavy atom. The van der Waals surface area contributed by atoms with Gasteiger partial charge in [-0.15, -0.1) is 0 Å².